The maximum atomic E-state index is 12.8. The molecule has 4 N–H and O–H groups in total. The van der Waals surface area contributed by atoms with Gasteiger partial charge in [0.2, 0.25) is 10.0 Å². The van der Waals surface area contributed by atoms with Crippen molar-refractivity contribution in [3.8, 4) is 11.1 Å². The van der Waals surface area contributed by atoms with E-state index in [4.69, 9.17) is 10.5 Å². The van der Waals surface area contributed by atoms with E-state index in [0.717, 1.165) is 47.2 Å². The van der Waals surface area contributed by atoms with Gasteiger partial charge in [-0.1, -0.05) is 25.1 Å². The highest BCUT2D eigenvalue weighted by Gasteiger charge is 2.30. The Morgan fingerprint density at radius 1 is 1.18 bits per heavy atom. The van der Waals surface area contributed by atoms with Crippen LogP contribution < -0.4 is 5.73 Å². The van der Waals surface area contributed by atoms with Crippen molar-refractivity contribution < 1.29 is 23.1 Å². The number of carbonyl (C=O) groups is 1. The van der Waals surface area contributed by atoms with E-state index in [-0.39, 0.29) is 18.3 Å². The summed E-state index contributed by atoms with van der Waals surface area (Å²) in [5, 5.41) is 10.4. The van der Waals surface area contributed by atoms with Crippen LogP contribution in [0.3, 0.4) is 0 Å². The molecule has 3 aromatic rings. The summed E-state index contributed by atoms with van der Waals surface area (Å²) in [6.07, 6.45) is 4.86. The number of amides is 1. The van der Waals surface area contributed by atoms with E-state index < -0.39 is 15.9 Å². The summed E-state index contributed by atoms with van der Waals surface area (Å²) >= 11 is 0. The number of hydrogen-bond acceptors (Lipinski definition) is 6. The first-order valence-electron chi connectivity index (χ1n) is 14.1. The number of aromatic amines is 1. The van der Waals surface area contributed by atoms with Crippen LogP contribution in [0.5, 0.6) is 0 Å². The van der Waals surface area contributed by atoms with Crippen LogP contribution in [0.1, 0.15) is 60.0 Å². The molecule has 10 heteroatoms. The van der Waals surface area contributed by atoms with Crippen molar-refractivity contribution in [2.24, 2.45) is 5.73 Å². The molecule has 1 saturated heterocycles. The molecular weight excluding hydrogens is 528 g/mol. The van der Waals surface area contributed by atoms with Crippen LogP contribution in [0, 0.1) is 0 Å². The number of piperidine rings is 1. The SMILES string of the molecule is CCCN(CCO)Cc1cccc(-c2cc(C(N)=O)c3[nH]cc(C4CCN(S(=O)(=O)CCCOC)CC4)c3c2)c1. The van der Waals surface area contributed by atoms with Crippen LogP contribution in [0.4, 0.5) is 0 Å². The van der Waals surface area contributed by atoms with Crippen LogP contribution in [0.2, 0.25) is 0 Å². The molecule has 1 aliphatic heterocycles. The minimum Gasteiger partial charge on any atom is -0.395 e. The number of nitrogens with two attached hydrogens (primary N) is 1. The lowest BCUT2D eigenvalue weighted by atomic mass is 9.88. The minimum absolute atomic E-state index is 0.0964. The fourth-order valence-electron chi connectivity index (χ4n) is 5.75. The van der Waals surface area contributed by atoms with Crippen molar-refractivity contribution in [2.45, 2.75) is 45.1 Å². The number of carbonyl (C=O) groups excluding carboxylic acids is 1. The van der Waals surface area contributed by atoms with E-state index in [0.29, 0.717) is 56.6 Å². The predicted molar refractivity (Wildman–Crippen MR) is 159 cm³/mol. The Hall–Kier alpha value is -2.76. The number of sulfonamides is 1. The minimum atomic E-state index is -3.30. The molecule has 0 radical (unpaired) electrons. The molecule has 1 fully saturated rings. The highest BCUT2D eigenvalue weighted by molar-refractivity contribution is 7.89. The van der Waals surface area contributed by atoms with Gasteiger partial charge in [-0.05, 0) is 78.6 Å². The number of hydrogen-bond donors (Lipinski definition) is 3. The Balaban J connectivity index is 1.60. The quantitative estimate of drug-likeness (QED) is 0.254. The number of fused-ring (bicyclic) bond motifs is 1. The van der Waals surface area contributed by atoms with Crippen LogP contribution in [0.25, 0.3) is 22.0 Å². The molecule has 218 valence electrons. The van der Waals surface area contributed by atoms with Crippen LogP contribution in [-0.2, 0) is 21.3 Å². The number of primary amides is 1. The average molecular weight is 571 g/mol. The van der Waals surface area contributed by atoms with Crippen molar-refractivity contribution in [2.75, 3.05) is 52.3 Å². The second-order valence-corrected chi connectivity index (χ2v) is 12.7. The van der Waals surface area contributed by atoms with E-state index in [1.807, 2.05) is 24.4 Å². The fraction of sp³-hybridized carbons (Fsp3) is 0.500. The summed E-state index contributed by atoms with van der Waals surface area (Å²) in [6, 6.07) is 12.2. The highest BCUT2D eigenvalue weighted by atomic mass is 32.2. The second-order valence-electron chi connectivity index (χ2n) is 10.6. The zero-order valence-corrected chi connectivity index (χ0v) is 24.4. The van der Waals surface area contributed by atoms with Crippen LogP contribution in [0.15, 0.2) is 42.6 Å². The Labute approximate surface area is 237 Å². The molecule has 2 aromatic carbocycles. The van der Waals surface area contributed by atoms with E-state index in [1.54, 1.807) is 11.4 Å². The van der Waals surface area contributed by atoms with Gasteiger partial charge in [-0.15, -0.1) is 0 Å². The number of nitrogens with one attached hydrogen (secondary N) is 1. The van der Waals surface area contributed by atoms with Gasteiger partial charge in [0.15, 0.2) is 0 Å². The van der Waals surface area contributed by atoms with Gasteiger partial charge in [0.05, 0.1) is 23.4 Å². The van der Waals surface area contributed by atoms with Crippen LogP contribution >= 0.6 is 0 Å². The number of nitrogens with zero attached hydrogens (tertiary/aromatic N) is 2. The van der Waals surface area contributed by atoms with Gasteiger partial charge in [-0.3, -0.25) is 9.69 Å². The van der Waals surface area contributed by atoms with Gasteiger partial charge in [0, 0.05) is 51.5 Å². The first kappa shape index (κ1) is 30.2. The standard InChI is InChI=1S/C30H42N4O5S/c1-3-10-33(13-14-35)21-22-6-4-7-24(17-22)25-18-26-28(20-32-29(26)27(19-25)30(31)36)23-8-11-34(12-9-23)40(37,38)16-5-15-39-2/h4,6-7,17-20,23,32,35H,3,5,8-16,21H2,1-2H3,(H2,31,36). The molecule has 1 aliphatic rings. The summed E-state index contributed by atoms with van der Waals surface area (Å²) in [5.41, 5.74) is 11.1. The molecule has 0 bridgehead atoms. The summed E-state index contributed by atoms with van der Waals surface area (Å²) < 4.78 is 32.1. The third-order valence-electron chi connectivity index (χ3n) is 7.75. The summed E-state index contributed by atoms with van der Waals surface area (Å²) in [5.74, 6) is -0.229. The zero-order valence-electron chi connectivity index (χ0n) is 23.6. The molecule has 40 heavy (non-hydrogen) atoms. The largest absolute Gasteiger partial charge is 0.395 e. The molecule has 0 saturated carbocycles. The first-order valence-corrected chi connectivity index (χ1v) is 15.7. The molecule has 0 unspecified atom stereocenters. The predicted octanol–water partition coefficient (Wildman–Crippen LogP) is 3.68. The summed E-state index contributed by atoms with van der Waals surface area (Å²) in [6.45, 7) is 5.87. The molecular formula is C30H42N4O5S. The van der Waals surface area contributed by atoms with E-state index in [1.165, 1.54) is 0 Å². The average Bonchev–Trinajstić information content (AvgIpc) is 3.37. The van der Waals surface area contributed by atoms with Gasteiger partial charge in [-0.2, -0.15) is 0 Å². The number of ether oxygens (including phenoxy) is 1. The maximum Gasteiger partial charge on any atom is 0.250 e. The number of methoxy groups -OCH3 is 1. The topological polar surface area (TPSA) is 129 Å². The molecule has 0 spiro atoms. The van der Waals surface area contributed by atoms with Crippen molar-refractivity contribution in [1.29, 1.82) is 0 Å². The molecule has 0 aliphatic carbocycles. The van der Waals surface area contributed by atoms with E-state index in [2.05, 4.69) is 35.0 Å². The van der Waals surface area contributed by atoms with Gasteiger partial charge in [-0.25, -0.2) is 12.7 Å². The normalized spacial score (nSPS) is 15.3. The molecule has 4 rings (SSSR count). The third kappa shape index (κ3) is 7.11. The van der Waals surface area contributed by atoms with E-state index in [9.17, 15) is 18.3 Å². The highest BCUT2D eigenvalue weighted by Crippen LogP contribution is 2.37. The van der Waals surface area contributed by atoms with E-state index >= 15 is 0 Å². The zero-order chi connectivity index (χ0) is 28.7. The lowest BCUT2D eigenvalue weighted by Gasteiger charge is -2.31. The fourth-order valence-corrected chi connectivity index (χ4v) is 7.25. The van der Waals surface area contributed by atoms with Gasteiger partial charge < -0.3 is 20.6 Å². The number of aliphatic hydroxyl groups excluding tert-OH is 1. The second kappa shape index (κ2) is 13.7. The molecule has 1 amide bonds. The number of benzene rings is 2. The van der Waals surface area contributed by atoms with Crippen molar-refractivity contribution >= 4 is 26.8 Å². The van der Waals surface area contributed by atoms with Crippen molar-refractivity contribution in [3.63, 3.8) is 0 Å². The maximum absolute atomic E-state index is 12.8. The van der Waals surface area contributed by atoms with Gasteiger partial charge in [0.1, 0.15) is 0 Å². The lowest BCUT2D eigenvalue weighted by molar-refractivity contribution is 0.100. The number of aliphatic hydroxyl groups is 1. The third-order valence-corrected chi connectivity index (χ3v) is 9.70. The Kier molecular flexibility index (Phi) is 10.4. The number of rotatable bonds is 14. The molecule has 1 aromatic heterocycles. The van der Waals surface area contributed by atoms with Gasteiger partial charge >= 0.3 is 0 Å². The monoisotopic (exact) mass is 570 g/mol. The van der Waals surface area contributed by atoms with Gasteiger partial charge in [0.25, 0.3) is 5.91 Å². The first-order chi connectivity index (χ1) is 19.3. The molecule has 0 atom stereocenters. The smallest absolute Gasteiger partial charge is 0.250 e. The van der Waals surface area contributed by atoms with Crippen molar-refractivity contribution in [1.82, 2.24) is 14.2 Å². The summed E-state index contributed by atoms with van der Waals surface area (Å²) in [4.78, 5) is 18.0. The van der Waals surface area contributed by atoms with Crippen molar-refractivity contribution in [3.05, 3.63) is 59.3 Å². The Morgan fingerprint density at radius 3 is 2.62 bits per heavy atom. The molecule has 2 heterocycles. The number of H-pyrrole nitrogens is 1. The molecule has 9 nitrogen and oxygen atoms in total. The Bertz CT molecular complexity index is 1390. The summed E-state index contributed by atoms with van der Waals surface area (Å²) in [7, 11) is -1.73. The number of aromatic nitrogens is 1. The lowest BCUT2D eigenvalue weighted by Crippen LogP contribution is -2.39. The Morgan fingerprint density at radius 2 is 1.95 bits per heavy atom. The van der Waals surface area contributed by atoms with Crippen LogP contribution in [-0.4, -0.2) is 85.9 Å².